The molecule has 76 valence electrons. The minimum absolute atomic E-state index is 0.303. The van der Waals surface area contributed by atoms with Gasteiger partial charge in [-0.15, -0.1) is 0 Å². The molecular formula is C7H11N5OS. The third kappa shape index (κ3) is 2.56. The maximum absolute atomic E-state index is 10.7. The summed E-state index contributed by atoms with van der Waals surface area (Å²) in [7, 11) is 0. The van der Waals surface area contributed by atoms with Crippen LogP contribution in [0.2, 0.25) is 0 Å². The van der Waals surface area contributed by atoms with Gasteiger partial charge in [-0.2, -0.15) is 5.10 Å². The molecular weight excluding hydrogens is 202 g/mol. The number of hydrogen-bond donors (Lipinski definition) is 4. The highest BCUT2D eigenvalue weighted by Crippen LogP contribution is 2.18. The number of hydrogen-bond acceptors (Lipinski definition) is 3. The molecule has 6 nitrogen and oxygen atoms in total. The first kappa shape index (κ1) is 9.20. The lowest BCUT2D eigenvalue weighted by Crippen LogP contribution is -2.36. The van der Waals surface area contributed by atoms with E-state index in [1.165, 1.54) is 12.8 Å². The van der Waals surface area contributed by atoms with Gasteiger partial charge < -0.3 is 10.6 Å². The molecule has 0 saturated heterocycles. The summed E-state index contributed by atoms with van der Waals surface area (Å²) in [5.74, 6) is 0.551. The van der Waals surface area contributed by atoms with Crippen molar-refractivity contribution in [3.63, 3.8) is 0 Å². The van der Waals surface area contributed by atoms with Crippen molar-refractivity contribution in [1.29, 1.82) is 0 Å². The summed E-state index contributed by atoms with van der Waals surface area (Å²) in [6.07, 6.45) is 2.36. The Balaban J connectivity index is 1.75. The van der Waals surface area contributed by atoms with Crippen molar-refractivity contribution in [1.82, 2.24) is 25.8 Å². The second-order valence-electron chi connectivity index (χ2n) is 3.23. The Morgan fingerprint density at radius 2 is 2.43 bits per heavy atom. The normalized spacial score (nSPS) is 15.1. The van der Waals surface area contributed by atoms with E-state index in [9.17, 15) is 4.79 Å². The summed E-state index contributed by atoms with van der Waals surface area (Å²) >= 11 is 5.02. The van der Waals surface area contributed by atoms with E-state index in [0.29, 0.717) is 23.5 Å². The van der Waals surface area contributed by atoms with Crippen molar-refractivity contribution >= 4 is 17.3 Å². The molecule has 1 heterocycles. The highest BCUT2D eigenvalue weighted by atomic mass is 32.1. The van der Waals surface area contributed by atoms with E-state index in [-0.39, 0.29) is 5.69 Å². The van der Waals surface area contributed by atoms with Crippen LogP contribution in [-0.4, -0.2) is 26.3 Å². The fraction of sp³-hybridized carbons (Fsp3) is 0.571. The number of thiocarbonyl (C=S) groups is 1. The predicted molar refractivity (Wildman–Crippen MR) is 54.8 cm³/mol. The minimum Gasteiger partial charge on any atom is -0.360 e. The monoisotopic (exact) mass is 213 g/mol. The highest BCUT2D eigenvalue weighted by molar-refractivity contribution is 7.80. The molecule has 1 aromatic rings. The van der Waals surface area contributed by atoms with E-state index < -0.39 is 0 Å². The van der Waals surface area contributed by atoms with Crippen LogP contribution in [0.1, 0.15) is 18.7 Å². The second-order valence-corrected chi connectivity index (χ2v) is 3.63. The van der Waals surface area contributed by atoms with Crippen LogP contribution in [0, 0.1) is 0 Å². The van der Waals surface area contributed by atoms with E-state index in [1.807, 2.05) is 0 Å². The van der Waals surface area contributed by atoms with Gasteiger partial charge in [0.25, 0.3) is 0 Å². The Morgan fingerprint density at radius 1 is 1.64 bits per heavy atom. The van der Waals surface area contributed by atoms with Crippen molar-refractivity contribution in [2.75, 3.05) is 0 Å². The zero-order chi connectivity index (χ0) is 9.97. The standard InChI is InChI=1S/C7H11N5OS/c13-6-10-5(11-12-6)3-8-7(14)9-4-1-2-4/h4H,1-3H2,(H2,8,9,14)(H2,10,11,12,13). The highest BCUT2D eigenvalue weighted by Gasteiger charge is 2.21. The molecule has 0 aromatic carbocycles. The van der Waals surface area contributed by atoms with Crippen LogP contribution in [0.25, 0.3) is 0 Å². The molecule has 0 aliphatic heterocycles. The Bertz CT molecular complexity index is 379. The topological polar surface area (TPSA) is 85.6 Å². The maximum atomic E-state index is 10.7. The van der Waals surface area contributed by atoms with Crippen molar-refractivity contribution in [2.24, 2.45) is 0 Å². The molecule has 1 fully saturated rings. The molecule has 1 aliphatic carbocycles. The third-order valence-corrected chi connectivity index (χ3v) is 2.14. The second kappa shape index (κ2) is 3.79. The van der Waals surface area contributed by atoms with E-state index in [1.54, 1.807) is 0 Å². The van der Waals surface area contributed by atoms with Gasteiger partial charge in [0, 0.05) is 6.04 Å². The van der Waals surface area contributed by atoms with E-state index in [4.69, 9.17) is 12.2 Å². The average Bonchev–Trinajstić information content (AvgIpc) is 2.85. The molecule has 1 saturated carbocycles. The van der Waals surface area contributed by atoms with Crippen LogP contribution in [0.4, 0.5) is 0 Å². The lowest BCUT2D eigenvalue weighted by atomic mass is 10.6. The van der Waals surface area contributed by atoms with Gasteiger partial charge in [0.15, 0.2) is 5.11 Å². The molecule has 0 atom stereocenters. The lowest BCUT2D eigenvalue weighted by Gasteiger charge is -2.06. The minimum atomic E-state index is -0.303. The van der Waals surface area contributed by atoms with Gasteiger partial charge in [-0.25, -0.2) is 9.89 Å². The van der Waals surface area contributed by atoms with E-state index in [0.717, 1.165) is 0 Å². The van der Waals surface area contributed by atoms with Crippen LogP contribution in [-0.2, 0) is 6.54 Å². The van der Waals surface area contributed by atoms with Crippen LogP contribution < -0.4 is 16.3 Å². The molecule has 1 aromatic heterocycles. The molecule has 14 heavy (non-hydrogen) atoms. The zero-order valence-electron chi connectivity index (χ0n) is 7.46. The van der Waals surface area contributed by atoms with Gasteiger partial charge in [0.05, 0.1) is 6.54 Å². The van der Waals surface area contributed by atoms with E-state index in [2.05, 4.69) is 25.8 Å². The summed E-state index contributed by atoms with van der Waals surface area (Å²) in [5.41, 5.74) is -0.303. The smallest absolute Gasteiger partial charge is 0.340 e. The Morgan fingerprint density at radius 3 is 3.00 bits per heavy atom. The average molecular weight is 213 g/mol. The quantitative estimate of drug-likeness (QED) is 0.495. The van der Waals surface area contributed by atoms with Gasteiger partial charge in [-0.05, 0) is 25.1 Å². The molecule has 2 rings (SSSR count). The molecule has 7 heteroatoms. The molecule has 0 amide bonds. The lowest BCUT2D eigenvalue weighted by molar-refractivity contribution is 0.790. The number of aromatic nitrogens is 3. The first-order valence-electron chi connectivity index (χ1n) is 4.42. The van der Waals surface area contributed by atoms with Crippen molar-refractivity contribution in [3.05, 3.63) is 16.3 Å². The summed E-state index contributed by atoms with van der Waals surface area (Å²) in [6, 6.07) is 0.535. The largest absolute Gasteiger partial charge is 0.360 e. The molecule has 0 unspecified atom stereocenters. The first-order valence-corrected chi connectivity index (χ1v) is 4.83. The number of H-pyrrole nitrogens is 2. The fourth-order valence-electron chi connectivity index (χ4n) is 1.02. The van der Waals surface area contributed by atoms with Gasteiger partial charge in [0.2, 0.25) is 0 Å². The van der Waals surface area contributed by atoms with Crippen molar-refractivity contribution < 1.29 is 0 Å². The first-order chi connectivity index (χ1) is 6.74. The Labute approximate surface area is 85.5 Å². The van der Waals surface area contributed by atoms with Crippen molar-refractivity contribution in [3.8, 4) is 0 Å². The summed E-state index contributed by atoms with van der Waals surface area (Å²) in [4.78, 5) is 13.2. The third-order valence-electron chi connectivity index (χ3n) is 1.88. The number of nitrogens with zero attached hydrogens (tertiary/aromatic N) is 1. The van der Waals surface area contributed by atoms with Crippen LogP contribution in [0.15, 0.2) is 4.79 Å². The molecule has 0 bridgehead atoms. The SMILES string of the molecule is O=c1[nH]nc(CNC(=S)NC2CC2)[nH]1. The van der Waals surface area contributed by atoms with Crippen LogP contribution >= 0.6 is 12.2 Å². The summed E-state index contributed by atoms with van der Waals surface area (Å²) in [5, 5.41) is 12.7. The Kier molecular flexibility index (Phi) is 2.49. The Hall–Kier alpha value is -1.37. The maximum Gasteiger partial charge on any atom is 0.340 e. The van der Waals surface area contributed by atoms with Gasteiger partial charge in [0.1, 0.15) is 5.82 Å². The number of rotatable bonds is 3. The molecule has 0 radical (unpaired) electrons. The fourth-order valence-corrected chi connectivity index (χ4v) is 1.26. The van der Waals surface area contributed by atoms with Crippen LogP contribution in [0.5, 0.6) is 0 Å². The van der Waals surface area contributed by atoms with Gasteiger partial charge in [-0.3, -0.25) is 4.98 Å². The van der Waals surface area contributed by atoms with Crippen molar-refractivity contribution in [2.45, 2.75) is 25.4 Å². The predicted octanol–water partition coefficient (Wildman–Crippen LogP) is -0.776. The molecule has 1 aliphatic rings. The van der Waals surface area contributed by atoms with E-state index >= 15 is 0 Å². The van der Waals surface area contributed by atoms with Crippen LogP contribution in [0.3, 0.4) is 0 Å². The molecule has 0 spiro atoms. The molecule has 4 N–H and O–H groups in total. The number of nitrogens with one attached hydrogen (secondary N) is 4. The number of aromatic amines is 2. The van der Waals surface area contributed by atoms with Gasteiger partial charge >= 0.3 is 5.69 Å². The summed E-state index contributed by atoms with van der Waals surface area (Å²) in [6.45, 7) is 0.428. The van der Waals surface area contributed by atoms with Gasteiger partial charge in [-0.1, -0.05) is 0 Å². The summed E-state index contributed by atoms with van der Waals surface area (Å²) < 4.78 is 0. The zero-order valence-corrected chi connectivity index (χ0v) is 8.28.